The number of nitrogens with one attached hydrogen (secondary N) is 1. The number of benzene rings is 1. The van der Waals surface area contributed by atoms with E-state index in [1.54, 1.807) is 17.8 Å². The first-order chi connectivity index (χ1) is 12.4. The van der Waals surface area contributed by atoms with Crippen molar-refractivity contribution in [3.05, 3.63) is 33.9 Å². The Morgan fingerprint density at radius 1 is 1.35 bits per heavy atom. The molecule has 1 spiro atoms. The monoisotopic (exact) mass is 376 g/mol. The van der Waals surface area contributed by atoms with Gasteiger partial charge in [-0.05, 0) is 11.6 Å². The summed E-state index contributed by atoms with van der Waals surface area (Å²) >= 11 is 1.65. The molecule has 3 aliphatic rings. The normalized spacial score (nSPS) is 27.9. The summed E-state index contributed by atoms with van der Waals surface area (Å²) in [5.41, 5.74) is -0.157. The fraction of sp³-hybridized carbons (Fsp3) is 0.438. The predicted octanol–water partition coefficient (Wildman–Crippen LogP) is 0.767. The Labute approximate surface area is 152 Å². The molecule has 10 heteroatoms. The van der Waals surface area contributed by atoms with Gasteiger partial charge in [0.25, 0.3) is 5.69 Å². The van der Waals surface area contributed by atoms with Crippen molar-refractivity contribution in [2.75, 3.05) is 30.0 Å². The summed E-state index contributed by atoms with van der Waals surface area (Å²) < 4.78 is 0. The van der Waals surface area contributed by atoms with Crippen molar-refractivity contribution < 1.29 is 19.3 Å². The van der Waals surface area contributed by atoms with Crippen molar-refractivity contribution >= 4 is 41.0 Å². The van der Waals surface area contributed by atoms with E-state index in [2.05, 4.69) is 5.32 Å². The van der Waals surface area contributed by atoms with Gasteiger partial charge in [0.1, 0.15) is 0 Å². The number of carbonyl (C=O) groups is 3. The van der Waals surface area contributed by atoms with Gasteiger partial charge in [-0.15, -0.1) is 0 Å². The molecule has 0 aliphatic carbocycles. The Morgan fingerprint density at radius 2 is 2.12 bits per heavy atom. The molecular formula is C16H16N4O5S. The molecule has 9 nitrogen and oxygen atoms in total. The molecule has 2 atom stereocenters. The molecule has 136 valence electrons. The molecule has 4 rings (SSSR count). The summed E-state index contributed by atoms with van der Waals surface area (Å²) in [4.78, 5) is 51.4. The third-order valence-corrected chi connectivity index (χ3v) is 6.39. The molecule has 0 bridgehead atoms. The molecule has 0 unspecified atom stereocenters. The van der Waals surface area contributed by atoms with Crippen LogP contribution in [0.5, 0.6) is 0 Å². The number of nitro benzene ring substituents is 1. The highest BCUT2D eigenvalue weighted by molar-refractivity contribution is 7.99. The molecule has 26 heavy (non-hydrogen) atoms. The molecule has 0 saturated carbocycles. The summed E-state index contributed by atoms with van der Waals surface area (Å²) in [6.45, 7) is 0.625. The predicted molar refractivity (Wildman–Crippen MR) is 94.0 cm³/mol. The highest BCUT2D eigenvalue weighted by Gasteiger charge is 2.61. The minimum atomic E-state index is -1.46. The molecule has 3 aliphatic heterocycles. The van der Waals surface area contributed by atoms with E-state index in [-0.39, 0.29) is 12.1 Å². The summed E-state index contributed by atoms with van der Waals surface area (Å²) in [6.07, 6.45) is 0.0357. The number of thioether (sulfide) groups is 1. The van der Waals surface area contributed by atoms with Gasteiger partial charge in [-0.1, -0.05) is 0 Å². The van der Waals surface area contributed by atoms with Crippen molar-refractivity contribution in [3.63, 3.8) is 0 Å². The minimum Gasteiger partial charge on any atom is -0.365 e. The first kappa shape index (κ1) is 16.8. The zero-order valence-corrected chi connectivity index (χ0v) is 14.7. The third kappa shape index (κ3) is 2.14. The van der Waals surface area contributed by atoms with Crippen molar-refractivity contribution in [2.45, 2.75) is 12.5 Å². The van der Waals surface area contributed by atoms with Crippen LogP contribution in [0.25, 0.3) is 0 Å². The van der Waals surface area contributed by atoms with Gasteiger partial charge < -0.3 is 4.90 Å². The number of nitro groups is 1. The number of amides is 4. The number of fused-ring (bicyclic) bond motifs is 4. The molecule has 1 aromatic rings. The number of rotatable bonds is 1. The van der Waals surface area contributed by atoms with Crippen LogP contribution in [0.2, 0.25) is 0 Å². The summed E-state index contributed by atoms with van der Waals surface area (Å²) in [5.74, 6) is 0.215. The SMILES string of the molecule is CN1C(=O)NC(=O)[C@@]2(Cc3cc([N+](=O)[O-])ccc3N3CCSC[C@H]32)C1=O. The Balaban J connectivity index is 1.90. The van der Waals surface area contributed by atoms with E-state index in [4.69, 9.17) is 0 Å². The zero-order valence-electron chi connectivity index (χ0n) is 13.9. The molecule has 2 fully saturated rings. The van der Waals surface area contributed by atoms with Gasteiger partial charge in [0.05, 0.1) is 11.0 Å². The van der Waals surface area contributed by atoms with Crippen LogP contribution in [0.4, 0.5) is 16.2 Å². The molecule has 1 aromatic carbocycles. The van der Waals surface area contributed by atoms with Crippen LogP contribution in [0.3, 0.4) is 0 Å². The number of nitrogens with zero attached hydrogens (tertiary/aromatic N) is 3. The van der Waals surface area contributed by atoms with E-state index in [0.717, 1.165) is 16.3 Å². The first-order valence-electron chi connectivity index (χ1n) is 8.11. The van der Waals surface area contributed by atoms with E-state index >= 15 is 0 Å². The van der Waals surface area contributed by atoms with Crippen molar-refractivity contribution in [1.82, 2.24) is 10.2 Å². The molecule has 3 heterocycles. The largest absolute Gasteiger partial charge is 0.365 e. The average Bonchev–Trinajstić information content (AvgIpc) is 2.64. The topological polar surface area (TPSA) is 113 Å². The summed E-state index contributed by atoms with van der Waals surface area (Å²) in [6, 6.07) is 3.40. The lowest BCUT2D eigenvalue weighted by molar-refractivity contribution is -0.384. The number of non-ortho nitro benzene ring substituents is 1. The van der Waals surface area contributed by atoms with Crippen LogP contribution in [-0.2, 0) is 16.0 Å². The Morgan fingerprint density at radius 3 is 2.85 bits per heavy atom. The van der Waals surface area contributed by atoms with Crippen molar-refractivity contribution in [1.29, 1.82) is 0 Å². The van der Waals surface area contributed by atoms with Gasteiger partial charge in [0.15, 0.2) is 5.41 Å². The van der Waals surface area contributed by atoms with Crippen LogP contribution < -0.4 is 10.2 Å². The fourth-order valence-corrected chi connectivity index (χ4v) is 5.24. The van der Waals surface area contributed by atoms with Gasteiger partial charge in [-0.2, -0.15) is 11.8 Å². The van der Waals surface area contributed by atoms with Gasteiger partial charge >= 0.3 is 6.03 Å². The molecule has 1 N–H and O–H groups in total. The van der Waals surface area contributed by atoms with Crippen molar-refractivity contribution in [3.8, 4) is 0 Å². The third-order valence-electron chi connectivity index (χ3n) is 5.37. The van der Waals surface area contributed by atoms with Crippen LogP contribution in [-0.4, -0.2) is 58.8 Å². The maximum atomic E-state index is 13.1. The number of urea groups is 1. The van der Waals surface area contributed by atoms with E-state index in [1.165, 1.54) is 19.2 Å². The second kappa shape index (κ2) is 5.70. The molecule has 4 amide bonds. The van der Waals surface area contributed by atoms with E-state index in [1.807, 2.05) is 4.90 Å². The van der Waals surface area contributed by atoms with Gasteiger partial charge in [-0.25, -0.2) is 4.79 Å². The molecule has 2 saturated heterocycles. The van der Waals surface area contributed by atoms with Crippen LogP contribution in [0.15, 0.2) is 18.2 Å². The number of carbonyl (C=O) groups excluding carboxylic acids is 3. The minimum absolute atomic E-state index is 0.0357. The van der Waals surface area contributed by atoms with Gasteiger partial charge in [-0.3, -0.25) is 29.9 Å². The molecule has 0 radical (unpaired) electrons. The lowest BCUT2D eigenvalue weighted by Crippen LogP contribution is -2.72. The average molecular weight is 376 g/mol. The number of anilines is 1. The summed E-state index contributed by atoms with van der Waals surface area (Å²) in [7, 11) is 1.34. The number of hydrogen-bond acceptors (Lipinski definition) is 7. The van der Waals surface area contributed by atoms with Crippen molar-refractivity contribution in [2.24, 2.45) is 5.41 Å². The maximum absolute atomic E-state index is 13.1. The van der Waals surface area contributed by atoms with Gasteiger partial charge in [0, 0.05) is 49.3 Å². The van der Waals surface area contributed by atoms with Gasteiger partial charge in [0.2, 0.25) is 11.8 Å². The fourth-order valence-electron chi connectivity index (χ4n) is 4.06. The Hall–Kier alpha value is -2.62. The highest BCUT2D eigenvalue weighted by Crippen LogP contribution is 2.47. The molecular weight excluding hydrogens is 360 g/mol. The van der Waals surface area contributed by atoms with E-state index < -0.39 is 34.2 Å². The lowest BCUT2D eigenvalue weighted by atomic mass is 9.69. The van der Waals surface area contributed by atoms with Crippen LogP contribution >= 0.6 is 11.8 Å². The standard InChI is InChI=1S/C16H16N4O5S/c1-18-14(22)16(13(21)17-15(18)23)7-9-6-10(20(24)25)2-3-11(9)19-4-5-26-8-12(16)19/h2-3,6,12H,4-5,7-8H2,1H3,(H,17,21,23)/t12-,16-/m0/s1. The smallest absolute Gasteiger partial charge is 0.330 e. The van der Waals surface area contributed by atoms with Crippen LogP contribution in [0, 0.1) is 15.5 Å². The Kier molecular flexibility index (Phi) is 3.69. The highest BCUT2D eigenvalue weighted by atomic mass is 32.2. The second-order valence-corrected chi connectivity index (χ2v) is 7.78. The van der Waals surface area contributed by atoms with Crippen LogP contribution in [0.1, 0.15) is 5.56 Å². The molecule has 0 aromatic heterocycles. The lowest BCUT2D eigenvalue weighted by Gasteiger charge is -2.53. The zero-order chi connectivity index (χ0) is 18.6. The first-order valence-corrected chi connectivity index (χ1v) is 9.27. The maximum Gasteiger partial charge on any atom is 0.330 e. The number of barbiturate groups is 1. The quantitative estimate of drug-likeness (QED) is 0.437. The van der Waals surface area contributed by atoms with E-state index in [0.29, 0.717) is 17.9 Å². The second-order valence-electron chi connectivity index (χ2n) is 6.63. The Bertz CT molecular complexity index is 859. The number of hydrogen-bond donors (Lipinski definition) is 1. The van der Waals surface area contributed by atoms with E-state index in [9.17, 15) is 24.5 Å². The summed E-state index contributed by atoms with van der Waals surface area (Å²) in [5, 5.41) is 13.4. The number of imide groups is 2.